The normalized spacial score (nSPS) is 11.0. The van der Waals surface area contributed by atoms with Crippen LogP contribution in [0.25, 0.3) is 0 Å². The molecule has 10 heteroatoms. The highest BCUT2D eigenvalue weighted by atomic mass is 79.9. The van der Waals surface area contributed by atoms with E-state index in [9.17, 15) is 14.4 Å². The van der Waals surface area contributed by atoms with Gasteiger partial charge in [0.1, 0.15) is 24.8 Å². The number of carbonyl (C=O) groups is 3. The number of aryl methyl sites for hydroxylation is 1. The Bertz CT molecular complexity index is 930. The van der Waals surface area contributed by atoms with Crippen LogP contribution < -0.4 is 27.2 Å². The van der Waals surface area contributed by atoms with Gasteiger partial charge in [-0.3, -0.25) is 9.59 Å². The lowest BCUT2D eigenvalue weighted by atomic mass is 10.2. The van der Waals surface area contributed by atoms with Crippen molar-refractivity contribution in [3.8, 4) is 0 Å². The minimum absolute atomic E-state index is 0. The number of aromatic nitrogens is 1. The van der Waals surface area contributed by atoms with E-state index >= 15 is 0 Å². The molecule has 2 rings (SSSR count). The third-order valence-electron chi connectivity index (χ3n) is 4.38. The fourth-order valence-corrected chi connectivity index (χ4v) is 3.56. The molecule has 0 aliphatic heterocycles. The van der Waals surface area contributed by atoms with Crippen LogP contribution in [0.4, 0.5) is 10.5 Å². The molecule has 0 radical (unpaired) electrons. The molecule has 1 heterocycles. The second kappa shape index (κ2) is 14.5. The van der Waals surface area contributed by atoms with Gasteiger partial charge in [0.25, 0.3) is 5.91 Å². The molecule has 2 aromatic rings. The molecule has 0 bridgehead atoms. The molecule has 8 nitrogen and oxygen atoms in total. The van der Waals surface area contributed by atoms with Crippen molar-refractivity contribution in [1.82, 2.24) is 5.32 Å². The van der Waals surface area contributed by atoms with Crippen molar-refractivity contribution in [1.29, 1.82) is 0 Å². The van der Waals surface area contributed by atoms with E-state index in [1.807, 2.05) is 47.3 Å². The summed E-state index contributed by atoms with van der Waals surface area (Å²) in [4.78, 5) is 37.8. The Hall–Kier alpha value is -2.65. The Balaban J connectivity index is 0.00000544. The summed E-state index contributed by atoms with van der Waals surface area (Å²) in [7, 11) is 0. The van der Waals surface area contributed by atoms with Crippen LogP contribution in [0, 0.1) is 0 Å². The largest absolute Gasteiger partial charge is 1.00 e. The van der Waals surface area contributed by atoms with Crippen LogP contribution in [-0.4, -0.2) is 43.8 Å². The molecule has 1 N–H and O–H groups in total. The van der Waals surface area contributed by atoms with Crippen LogP contribution in [0.15, 0.2) is 53.3 Å². The molecule has 33 heavy (non-hydrogen) atoms. The molecule has 1 atom stereocenters. The van der Waals surface area contributed by atoms with Crippen LogP contribution >= 0.6 is 15.9 Å². The summed E-state index contributed by atoms with van der Waals surface area (Å²) >= 11 is 3.47. The third kappa shape index (κ3) is 9.79. The standard InChI is InChI=1S/C23H28BrN3O5.ClH/c1-4-10-26-15-19(13-20(24)16-26)22(29)27(21-8-6-5-7-9-21)11-12-31-23(30)25-14-17(2)32-18(3)28;/h5-9,13,15-17H,4,10-12,14H2,1-3H3;1H. The molecular formula is C23H29BrClN3O5. The number of carbonyl (C=O) groups excluding carboxylic acids is 3. The number of alkyl carbamates (subject to hydrolysis) is 1. The van der Waals surface area contributed by atoms with E-state index in [4.69, 9.17) is 9.47 Å². The summed E-state index contributed by atoms with van der Waals surface area (Å²) in [6.45, 7) is 6.14. The molecule has 0 spiro atoms. The van der Waals surface area contributed by atoms with Crippen molar-refractivity contribution in [2.24, 2.45) is 0 Å². The molecule has 1 aromatic carbocycles. The first-order valence-electron chi connectivity index (χ1n) is 10.4. The monoisotopic (exact) mass is 541 g/mol. The number of rotatable bonds is 10. The second-order valence-electron chi connectivity index (χ2n) is 7.21. The van der Waals surface area contributed by atoms with E-state index in [2.05, 4.69) is 28.2 Å². The number of anilines is 1. The molecule has 0 aliphatic rings. The van der Waals surface area contributed by atoms with Crippen LogP contribution in [0.5, 0.6) is 0 Å². The Kier molecular flexibility index (Phi) is 12.5. The predicted octanol–water partition coefficient (Wildman–Crippen LogP) is 0.475. The summed E-state index contributed by atoms with van der Waals surface area (Å²) in [5.74, 6) is -0.618. The molecule has 0 saturated carbocycles. The first kappa shape index (κ1) is 28.4. The number of nitrogens with zero attached hydrogens (tertiary/aromatic N) is 2. The maximum absolute atomic E-state index is 13.3. The number of amides is 2. The van der Waals surface area contributed by atoms with Gasteiger partial charge in [0.15, 0.2) is 12.4 Å². The summed E-state index contributed by atoms with van der Waals surface area (Å²) < 4.78 is 12.9. The zero-order valence-electron chi connectivity index (χ0n) is 18.9. The van der Waals surface area contributed by atoms with E-state index in [0.29, 0.717) is 11.3 Å². The quantitative estimate of drug-likeness (QED) is 0.348. The average molecular weight is 543 g/mol. The number of esters is 1. The number of benzene rings is 1. The third-order valence-corrected chi connectivity index (χ3v) is 4.81. The summed E-state index contributed by atoms with van der Waals surface area (Å²) in [5, 5.41) is 2.54. The van der Waals surface area contributed by atoms with E-state index in [1.54, 1.807) is 17.9 Å². The summed E-state index contributed by atoms with van der Waals surface area (Å²) in [6.07, 6.45) is 3.57. The highest BCUT2D eigenvalue weighted by Gasteiger charge is 2.21. The fourth-order valence-electron chi connectivity index (χ4n) is 3.05. The lowest BCUT2D eigenvalue weighted by Crippen LogP contribution is -3.00. The lowest BCUT2D eigenvalue weighted by Gasteiger charge is -2.22. The Morgan fingerprint density at radius 2 is 1.88 bits per heavy atom. The highest BCUT2D eigenvalue weighted by Crippen LogP contribution is 2.18. The van der Waals surface area contributed by atoms with E-state index < -0.39 is 18.2 Å². The number of hydrogen-bond donors (Lipinski definition) is 1. The van der Waals surface area contributed by atoms with Gasteiger partial charge in [0.05, 0.1) is 17.6 Å². The summed E-state index contributed by atoms with van der Waals surface area (Å²) in [5.41, 5.74) is 1.23. The van der Waals surface area contributed by atoms with Crippen molar-refractivity contribution < 1.29 is 40.8 Å². The van der Waals surface area contributed by atoms with Crippen LogP contribution in [0.3, 0.4) is 0 Å². The minimum atomic E-state index is -0.646. The van der Waals surface area contributed by atoms with Crippen molar-refractivity contribution in [2.45, 2.75) is 39.8 Å². The molecule has 0 saturated heterocycles. The number of nitrogens with one attached hydrogen (secondary N) is 1. The zero-order valence-corrected chi connectivity index (χ0v) is 21.3. The van der Waals surface area contributed by atoms with Crippen LogP contribution in [0.1, 0.15) is 37.6 Å². The number of pyridine rings is 1. The zero-order chi connectivity index (χ0) is 23.5. The Morgan fingerprint density at radius 3 is 2.52 bits per heavy atom. The van der Waals surface area contributed by atoms with E-state index in [0.717, 1.165) is 17.4 Å². The smallest absolute Gasteiger partial charge is 0.407 e. The Labute approximate surface area is 208 Å². The number of para-hydroxylation sites is 1. The van der Waals surface area contributed by atoms with Gasteiger partial charge in [0.2, 0.25) is 0 Å². The second-order valence-corrected chi connectivity index (χ2v) is 8.13. The number of hydrogen-bond acceptors (Lipinski definition) is 5. The van der Waals surface area contributed by atoms with Crippen molar-refractivity contribution in [3.05, 3.63) is 58.8 Å². The fraction of sp³-hybridized carbons (Fsp3) is 0.391. The topological polar surface area (TPSA) is 88.8 Å². The van der Waals surface area contributed by atoms with Gasteiger partial charge in [-0.05, 0) is 41.1 Å². The molecule has 1 aromatic heterocycles. The predicted molar refractivity (Wildman–Crippen MR) is 123 cm³/mol. The highest BCUT2D eigenvalue weighted by molar-refractivity contribution is 9.10. The van der Waals surface area contributed by atoms with Gasteiger partial charge < -0.3 is 32.1 Å². The molecule has 0 fully saturated rings. The maximum atomic E-state index is 13.3. The first-order valence-corrected chi connectivity index (χ1v) is 11.2. The van der Waals surface area contributed by atoms with Gasteiger partial charge in [0, 0.05) is 19.0 Å². The van der Waals surface area contributed by atoms with Gasteiger partial charge in [-0.2, -0.15) is 0 Å². The van der Waals surface area contributed by atoms with Crippen LogP contribution in [0.2, 0.25) is 0 Å². The van der Waals surface area contributed by atoms with Crippen molar-refractivity contribution in [2.75, 3.05) is 24.6 Å². The van der Waals surface area contributed by atoms with Gasteiger partial charge in [-0.25, -0.2) is 9.36 Å². The molecule has 2 amide bonds. The van der Waals surface area contributed by atoms with E-state index in [-0.39, 0.29) is 38.0 Å². The van der Waals surface area contributed by atoms with E-state index in [1.165, 1.54) is 6.92 Å². The van der Waals surface area contributed by atoms with Crippen molar-refractivity contribution in [3.63, 3.8) is 0 Å². The Morgan fingerprint density at radius 1 is 1.18 bits per heavy atom. The molecular weight excluding hydrogens is 514 g/mol. The minimum Gasteiger partial charge on any atom is -1.00 e. The van der Waals surface area contributed by atoms with Crippen molar-refractivity contribution >= 4 is 39.6 Å². The average Bonchev–Trinajstić information content (AvgIpc) is 2.75. The van der Waals surface area contributed by atoms with Crippen LogP contribution in [-0.2, 0) is 20.8 Å². The van der Waals surface area contributed by atoms with Gasteiger partial charge in [-0.15, -0.1) is 0 Å². The lowest BCUT2D eigenvalue weighted by molar-refractivity contribution is -0.697. The van der Waals surface area contributed by atoms with Gasteiger partial charge >= 0.3 is 12.1 Å². The molecule has 0 aliphatic carbocycles. The number of halogens is 2. The van der Waals surface area contributed by atoms with Gasteiger partial charge in [-0.1, -0.05) is 25.1 Å². The number of ether oxygens (including phenoxy) is 2. The molecule has 180 valence electrons. The maximum Gasteiger partial charge on any atom is 0.407 e. The first-order chi connectivity index (χ1) is 15.3. The SMILES string of the molecule is CCC[n+]1cc(Br)cc(C(=O)N(CCOC(=O)NCC(C)OC(C)=O)c2ccccc2)c1.[Cl-]. The molecule has 1 unspecified atom stereocenters. The summed E-state index contributed by atoms with van der Waals surface area (Å²) in [6, 6.07) is 11.0.